The van der Waals surface area contributed by atoms with Gasteiger partial charge in [-0.3, -0.25) is 4.90 Å². The SMILES string of the molecule is CCCN(CCC)Cc1cc(Cl)cc(Cl)c1O. The fourth-order valence-corrected chi connectivity index (χ4v) is 2.42. The van der Waals surface area contributed by atoms with Gasteiger partial charge in [0.1, 0.15) is 5.75 Å². The van der Waals surface area contributed by atoms with Gasteiger partial charge in [0.2, 0.25) is 0 Å². The predicted molar refractivity (Wildman–Crippen MR) is 74.0 cm³/mol. The molecule has 2 nitrogen and oxygen atoms in total. The smallest absolute Gasteiger partial charge is 0.138 e. The molecule has 0 saturated carbocycles. The molecule has 17 heavy (non-hydrogen) atoms. The number of benzene rings is 1. The molecule has 1 aromatic rings. The molecule has 1 aromatic carbocycles. The molecule has 0 atom stereocenters. The topological polar surface area (TPSA) is 23.5 Å². The van der Waals surface area contributed by atoms with Gasteiger partial charge in [0, 0.05) is 17.1 Å². The molecule has 0 amide bonds. The van der Waals surface area contributed by atoms with Crippen LogP contribution < -0.4 is 0 Å². The molecular weight excluding hydrogens is 257 g/mol. The monoisotopic (exact) mass is 275 g/mol. The molecule has 0 unspecified atom stereocenters. The van der Waals surface area contributed by atoms with Crippen LogP contribution >= 0.6 is 23.2 Å². The van der Waals surface area contributed by atoms with Crippen LogP contribution in [0.25, 0.3) is 0 Å². The van der Waals surface area contributed by atoms with E-state index in [0.29, 0.717) is 16.6 Å². The van der Waals surface area contributed by atoms with Crippen molar-refractivity contribution in [3.63, 3.8) is 0 Å². The Kier molecular flexibility index (Phi) is 6.10. The minimum atomic E-state index is 0.147. The molecule has 0 bridgehead atoms. The highest BCUT2D eigenvalue weighted by molar-refractivity contribution is 6.35. The number of phenols is 1. The lowest BCUT2D eigenvalue weighted by Crippen LogP contribution is -2.24. The van der Waals surface area contributed by atoms with Crippen molar-refractivity contribution >= 4 is 23.2 Å². The summed E-state index contributed by atoms with van der Waals surface area (Å²) in [7, 11) is 0. The number of halogens is 2. The minimum Gasteiger partial charge on any atom is -0.506 e. The van der Waals surface area contributed by atoms with E-state index in [1.54, 1.807) is 12.1 Å². The average molecular weight is 276 g/mol. The fourth-order valence-electron chi connectivity index (χ4n) is 1.88. The maximum atomic E-state index is 9.89. The molecule has 0 aliphatic carbocycles. The molecule has 0 aromatic heterocycles. The van der Waals surface area contributed by atoms with Crippen LogP contribution in [-0.4, -0.2) is 23.1 Å². The average Bonchev–Trinajstić information content (AvgIpc) is 2.26. The van der Waals surface area contributed by atoms with Crippen molar-refractivity contribution in [1.29, 1.82) is 0 Å². The zero-order valence-electron chi connectivity index (χ0n) is 10.3. The second-order valence-electron chi connectivity index (χ2n) is 4.17. The van der Waals surface area contributed by atoms with Crippen LogP contribution in [0.2, 0.25) is 10.0 Å². The lowest BCUT2D eigenvalue weighted by Gasteiger charge is -2.21. The first kappa shape index (κ1) is 14.6. The van der Waals surface area contributed by atoms with Crippen LogP contribution in [0, 0.1) is 0 Å². The third kappa shape index (κ3) is 4.38. The molecule has 1 N–H and O–H groups in total. The summed E-state index contributed by atoms with van der Waals surface area (Å²) in [4.78, 5) is 2.29. The first-order chi connectivity index (χ1) is 8.08. The molecule has 0 heterocycles. The van der Waals surface area contributed by atoms with Gasteiger partial charge in [-0.15, -0.1) is 0 Å². The predicted octanol–water partition coefficient (Wildman–Crippen LogP) is 4.32. The highest BCUT2D eigenvalue weighted by atomic mass is 35.5. The van der Waals surface area contributed by atoms with E-state index < -0.39 is 0 Å². The highest BCUT2D eigenvalue weighted by Crippen LogP contribution is 2.31. The molecule has 4 heteroatoms. The molecule has 1 rings (SSSR count). The van der Waals surface area contributed by atoms with Crippen molar-refractivity contribution in [3.8, 4) is 5.75 Å². The van der Waals surface area contributed by atoms with Crippen molar-refractivity contribution in [2.75, 3.05) is 13.1 Å². The van der Waals surface area contributed by atoms with Gasteiger partial charge in [-0.1, -0.05) is 37.0 Å². The van der Waals surface area contributed by atoms with Crippen LogP contribution in [0.1, 0.15) is 32.3 Å². The van der Waals surface area contributed by atoms with Crippen LogP contribution in [0.5, 0.6) is 5.75 Å². The lowest BCUT2D eigenvalue weighted by molar-refractivity contribution is 0.263. The van der Waals surface area contributed by atoms with Gasteiger partial charge >= 0.3 is 0 Å². The molecule has 0 fully saturated rings. The van der Waals surface area contributed by atoms with E-state index in [0.717, 1.165) is 31.5 Å². The van der Waals surface area contributed by atoms with E-state index >= 15 is 0 Å². The summed E-state index contributed by atoms with van der Waals surface area (Å²) in [6.07, 6.45) is 2.18. The van der Waals surface area contributed by atoms with Crippen molar-refractivity contribution in [3.05, 3.63) is 27.7 Å². The Hall–Kier alpha value is -0.440. The van der Waals surface area contributed by atoms with E-state index in [2.05, 4.69) is 18.7 Å². The maximum Gasteiger partial charge on any atom is 0.138 e. The molecule has 0 spiro atoms. The summed E-state index contributed by atoms with van der Waals surface area (Å²) in [5.41, 5.74) is 0.796. The number of hydrogen-bond donors (Lipinski definition) is 1. The summed E-state index contributed by atoms with van der Waals surface area (Å²) < 4.78 is 0. The van der Waals surface area contributed by atoms with Crippen molar-refractivity contribution in [2.45, 2.75) is 33.2 Å². The zero-order valence-corrected chi connectivity index (χ0v) is 11.9. The largest absolute Gasteiger partial charge is 0.506 e. The summed E-state index contributed by atoms with van der Waals surface area (Å²) in [6, 6.07) is 3.34. The molecule has 96 valence electrons. The Balaban J connectivity index is 2.84. The quantitative estimate of drug-likeness (QED) is 0.836. The van der Waals surface area contributed by atoms with Gasteiger partial charge in [0.25, 0.3) is 0 Å². The lowest BCUT2D eigenvalue weighted by atomic mass is 10.1. The Bertz CT molecular complexity index is 363. The first-order valence-corrected chi connectivity index (χ1v) is 6.73. The second-order valence-corrected chi connectivity index (χ2v) is 5.02. The Morgan fingerprint density at radius 1 is 1.12 bits per heavy atom. The number of rotatable bonds is 6. The van der Waals surface area contributed by atoms with E-state index in [1.807, 2.05) is 0 Å². The van der Waals surface area contributed by atoms with E-state index in [4.69, 9.17) is 23.2 Å². The number of phenolic OH excluding ortho intramolecular Hbond substituents is 1. The number of aromatic hydroxyl groups is 1. The standard InChI is InChI=1S/C13H19Cl2NO/c1-3-5-16(6-4-2)9-10-7-11(14)8-12(15)13(10)17/h7-8,17H,3-6,9H2,1-2H3. The van der Waals surface area contributed by atoms with Crippen LogP contribution in [0.4, 0.5) is 0 Å². The van der Waals surface area contributed by atoms with Crippen LogP contribution in [-0.2, 0) is 6.54 Å². The third-order valence-corrected chi connectivity index (χ3v) is 3.09. The van der Waals surface area contributed by atoms with Gasteiger partial charge < -0.3 is 5.11 Å². The number of nitrogens with zero attached hydrogens (tertiary/aromatic N) is 1. The second kappa shape index (κ2) is 7.10. The number of hydrogen-bond acceptors (Lipinski definition) is 2. The molecular formula is C13H19Cl2NO. The van der Waals surface area contributed by atoms with Crippen molar-refractivity contribution in [2.24, 2.45) is 0 Å². The maximum absolute atomic E-state index is 9.89. The van der Waals surface area contributed by atoms with Crippen molar-refractivity contribution < 1.29 is 5.11 Å². The van der Waals surface area contributed by atoms with Gasteiger partial charge in [-0.25, -0.2) is 0 Å². The zero-order chi connectivity index (χ0) is 12.8. The van der Waals surface area contributed by atoms with E-state index in [1.165, 1.54) is 0 Å². The van der Waals surface area contributed by atoms with Gasteiger partial charge in [0.05, 0.1) is 5.02 Å². The summed E-state index contributed by atoms with van der Waals surface area (Å²) in [6.45, 7) is 7.00. The van der Waals surface area contributed by atoms with Gasteiger partial charge in [0.15, 0.2) is 0 Å². The minimum absolute atomic E-state index is 0.147. The van der Waals surface area contributed by atoms with Crippen molar-refractivity contribution in [1.82, 2.24) is 4.90 Å². The Labute approximate surface area is 113 Å². The summed E-state index contributed by atoms with van der Waals surface area (Å²) in [5.74, 6) is 0.147. The fraction of sp³-hybridized carbons (Fsp3) is 0.538. The highest BCUT2D eigenvalue weighted by Gasteiger charge is 2.11. The van der Waals surface area contributed by atoms with Gasteiger partial charge in [-0.2, -0.15) is 0 Å². The van der Waals surface area contributed by atoms with Gasteiger partial charge in [-0.05, 0) is 38.1 Å². The van der Waals surface area contributed by atoms with Crippen LogP contribution in [0.3, 0.4) is 0 Å². The Morgan fingerprint density at radius 2 is 1.71 bits per heavy atom. The molecule has 0 saturated heterocycles. The normalized spacial score (nSPS) is 11.1. The van der Waals surface area contributed by atoms with Crippen LogP contribution in [0.15, 0.2) is 12.1 Å². The van der Waals surface area contributed by atoms with E-state index in [-0.39, 0.29) is 5.75 Å². The summed E-state index contributed by atoms with van der Waals surface area (Å²) in [5, 5.41) is 10.8. The Morgan fingerprint density at radius 3 is 2.24 bits per heavy atom. The first-order valence-electron chi connectivity index (χ1n) is 5.97. The summed E-state index contributed by atoms with van der Waals surface area (Å²) >= 11 is 11.8. The molecule has 0 radical (unpaired) electrons. The molecule has 0 aliphatic heterocycles. The molecule has 0 aliphatic rings. The third-order valence-electron chi connectivity index (χ3n) is 2.58. The van der Waals surface area contributed by atoms with E-state index in [9.17, 15) is 5.11 Å².